The summed E-state index contributed by atoms with van der Waals surface area (Å²) in [6, 6.07) is 5.61. The number of esters is 1. The van der Waals surface area contributed by atoms with Crippen molar-refractivity contribution in [2.24, 2.45) is 0 Å². The lowest BCUT2D eigenvalue weighted by molar-refractivity contribution is -0.0797. The third-order valence-corrected chi connectivity index (χ3v) is 6.37. The average molecular weight is 409 g/mol. The zero-order chi connectivity index (χ0) is 20.7. The number of aryl methyl sites for hydroxylation is 1. The maximum atomic E-state index is 11.9. The summed E-state index contributed by atoms with van der Waals surface area (Å²) in [6.07, 6.45) is 5.66. The number of rotatable bonds is 4. The minimum Gasteiger partial charge on any atom is -0.465 e. The van der Waals surface area contributed by atoms with E-state index in [1.165, 1.54) is 12.7 Å². The fourth-order valence-corrected chi connectivity index (χ4v) is 4.83. The average Bonchev–Trinajstić information content (AvgIpc) is 3.40. The van der Waals surface area contributed by atoms with Crippen molar-refractivity contribution in [3.8, 4) is 0 Å². The largest absolute Gasteiger partial charge is 0.465 e. The molecule has 0 aliphatic carbocycles. The number of aromatic amines is 1. The van der Waals surface area contributed by atoms with Gasteiger partial charge in [-0.1, -0.05) is 6.92 Å². The molecule has 1 N–H and O–H groups in total. The van der Waals surface area contributed by atoms with Crippen LogP contribution in [0.1, 0.15) is 47.8 Å². The topological polar surface area (TPSA) is 85.3 Å². The standard InChI is InChI=1S/C22H27N5O3/c1-3-9-27-18-5-4-15(20(28)29-2)13-17(18)24-21(27)26-10-7-22(8-11-26)19-16(6-12-30-22)14-23-25-19/h4-5,13-14H,3,6-12H2,1-2H3,(H,23,25). The van der Waals surface area contributed by atoms with Crippen LogP contribution in [-0.4, -0.2) is 52.5 Å². The van der Waals surface area contributed by atoms with Crippen molar-refractivity contribution in [3.63, 3.8) is 0 Å². The molecule has 30 heavy (non-hydrogen) atoms. The number of nitrogens with zero attached hydrogens (tertiary/aromatic N) is 4. The molecule has 3 aromatic rings. The number of H-pyrrole nitrogens is 1. The van der Waals surface area contributed by atoms with Crippen molar-refractivity contribution < 1.29 is 14.3 Å². The van der Waals surface area contributed by atoms with Gasteiger partial charge in [-0.05, 0) is 49.4 Å². The third-order valence-electron chi connectivity index (χ3n) is 6.37. The number of benzene rings is 1. The number of ether oxygens (including phenoxy) is 2. The molecule has 1 fully saturated rings. The molecule has 158 valence electrons. The van der Waals surface area contributed by atoms with Gasteiger partial charge in [0.05, 0.1) is 42.2 Å². The zero-order valence-electron chi connectivity index (χ0n) is 17.5. The van der Waals surface area contributed by atoms with Gasteiger partial charge < -0.3 is 18.9 Å². The SMILES string of the molecule is CCCn1c(N2CCC3(CC2)OCCc2cn[nH]c23)nc2cc(C(=O)OC)ccc21. The Bertz CT molecular complexity index is 1080. The number of aromatic nitrogens is 4. The Balaban J connectivity index is 1.45. The van der Waals surface area contributed by atoms with Gasteiger partial charge in [0.25, 0.3) is 0 Å². The van der Waals surface area contributed by atoms with Crippen LogP contribution in [0.15, 0.2) is 24.4 Å². The van der Waals surface area contributed by atoms with Gasteiger partial charge in [-0.25, -0.2) is 9.78 Å². The fraction of sp³-hybridized carbons (Fsp3) is 0.500. The molecule has 0 saturated carbocycles. The number of piperidine rings is 1. The summed E-state index contributed by atoms with van der Waals surface area (Å²) >= 11 is 0. The highest BCUT2D eigenvalue weighted by atomic mass is 16.5. The van der Waals surface area contributed by atoms with Crippen LogP contribution in [-0.2, 0) is 28.0 Å². The van der Waals surface area contributed by atoms with E-state index in [4.69, 9.17) is 14.5 Å². The smallest absolute Gasteiger partial charge is 0.337 e. The van der Waals surface area contributed by atoms with E-state index in [-0.39, 0.29) is 11.6 Å². The molecule has 0 atom stereocenters. The number of methoxy groups -OCH3 is 1. The number of carbonyl (C=O) groups is 1. The Morgan fingerprint density at radius 3 is 2.93 bits per heavy atom. The van der Waals surface area contributed by atoms with Crippen LogP contribution in [0.25, 0.3) is 11.0 Å². The van der Waals surface area contributed by atoms with Gasteiger partial charge in [-0.3, -0.25) is 5.10 Å². The summed E-state index contributed by atoms with van der Waals surface area (Å²) in [4.78, 5) is 19.2. The number of hydrogen-bond donors (Lipinski definition) is 1. The maximum Gasteiger partial charge on any atom is 0.337 e. The normalized spacial score (nSPS) is 18.0. The Morgan fingerprint density at radius 1 is 1.33 bits per heavy atom. The predicted octanol–water partition coefficient (Wildman–Crippen LogP) is 3.02. The first-order valence-corrected chi connectivity index (χ1v) is 10.7. The van der Waals surface area contributed by atoms with Gasteiger partial charge in [0.1, 0.15) is 5.60 Å². The van der Waals surface area contributed by atoms with Crippen molar-refractivity contribution in [3.05, 3.63) is 41.2 Å². The van der Waals surface area contributed by atoms with Crippen LogP contribution in [0, 0.1) is 0 Å². The first kappa shape index (κ1) is 19.1. The Kier molecular flexibility index (Phi) is 4.73. The van der Waals surface area contributed by atoms with Crippen molar-refractivity contribution >= 4 is 23.0 Å². The summed E-state index contributed by atoms with van der Waals surface area (Å²) in [7, 11) is 1.40. The summed E-state index contributed by atoms with van der Waals surface area (Å²) in [5.74, 6) is 0.623. The van der Waals surface area contributed by atoms with E-state index >= 15 is 0 Å². The minimum absolute atomic E-state index is 0.264. The van der Waals surface area contributed by atoms with Gasteiger partial charge in [0.2, 0.25) is 5.95 Å². The third kappa shape index (κ3) is 2.98. The summed E-state index contributed by atoms with van der Waals surface area (Å²) in [5, 5.41) is 7.44. The van der Waals surface area contributed by atoms with E-state index < -0.39 is 0 Å². The van der Waals surface area contributed by atoms with E-state index in [1.807, 2.05) is 24.4 Å². The second-order valence-corrected chi connectivity index (χ2v) is 8.11. The molecule has 1 aromatic carbocycles. The Morgan fingerprint density at radius 2 is 2.17 bits per heavy atom. The van der Waals surface area contributed by atoms with Crippen LogP contribution < -0.4 is 4.90 Å². The van der Waals surface area contributed by atoms with Gasteiger partial charge >= 0.3 is 5.97 Å². The van der Waals surface area contributed by atoms with E-state index in [9.17, 15) is 4.79 Å². The van der Waals surface area contributed by atoms with Crippen molar-refractivity contribution in [2.75, 3.05) is 31.7 Å². The first-order chi connectivity index (χ1) is 14.6. The van der Waals surface area contributed by atoms with Gasteiger partial charge in [-0.15, -0.1) is 0 Å². The summed E-state index contributed by atoms with van der Waals surface area (Å²) in [5.41, 5.74) is 4.57. The molecule has 0 radical (unpaired) electrons. The van der Waals surface area contributed by atoms with Crippen LogP contribution in [0.4, 0.5) is 5.95 Å². The molecule has 2 aromatic heterocycles. The van der Waals surface area contributed by atoms with Gasteiger partial charge in [0.15, 0.2) is 0 Å². The highest BCUT2D eigenvalue weighted by Crippen LogP contribution is 2.41. The molecule has 0 unspecified atom stereocenters. The molecule has 8 nitrogen and oxygen atoms in total. The Hall–Kier alpha value is -2.87. The number of hydrogen-bond acceptors (Lipinski definition) is 6. The monoisotopic (exact) mass is 409 g/mol. The van der Waals surface area contributed by atoms with Crippen molar-refractivity contribution in [2.45, 2.75) is 44.8 Å². The molecule has 0 amide bonds. The number of anilines is 1. The van der Waals surface area contributed by atoms with Crippen LogP contribution >= 0.6 is 0 Å². The van der Waals surface area contributed by atoms with Crippen LogP contribution in [0.3, 0.4) is 0 Å². The van der Waals surface area contributed by atoms with E-state index in [1.54, 1.807) is 0 Å². The molecule has 1 saturated heterocycles. The zero-order valence-corrected chi connectivity index (χ0v) is 17.5. The molecule has 1 spiro atoms. The Labute approximate surface area is 175 Å². The summed E-state index contributed by atoms with van der Waals surface area (Å²) in [6.45, 7) is 5.51. The van der Waals surface area contributed by atoms with E-state index in [0.717, 1.165) is 74.6 Å². The van der Waals surface area contributed by atoms with Gasteiger partial charge in [0, 0.05) is 19.6 Å². The number of fused-ring (bicyclic) bond motifs is 3. The van der Waals surface area contributed by atoms with Crippen LogP contribution in [0.2, 0.25) is 0 Å². The molecular formula is C22H27N5O3. The highest BCUT2D eigenvalue weighted by molar-refractivity contribution is 5.94. The number of nitrogens with one attached hydrogen (secondary N) is 1. The molecular weight excluding hydrogens is 382 g/mol. The first-order valence-electron chi connectivity index (χ1n) is 10.7. The molecule has 0 bridgehead atoms. The van der Waals surface area contributed by atoms with Crippen molar-refractivity contribution in [1.82, 2.24) is 19.7 Å². The highest BCUT2D eigenvalue weighted by Gasteiger charge is 2.43. The number of carbonyl (C=O) groups excluding carboxylic acids is 1. The number of imidazole rings is 1. The van der Waals surface area contributed by atoms with Crippen molar-refractivity contribution in [1.29, 1.82) is 0 Å². The fourth-order valence-electron chi connectivity index (χ4n) is 4.83. The quantitative estimate of drug-likeness (QED) is 0.667. The molecule has 2 aliphatic rings. The lowest BCUT2D eigenvalue weighted by Gasteiger charge is -2.43. The predicted molar refractivity (Wildman–Crippen MR) is 113 cm³/mol. The van der Waals surface area contributed by atoms with Gasteiger partial charge in [-0.2, -0.15) is 5.10 Å². The lowest BCUT2D eigenvalue weighted by Crippen LogP contribution is -2.47. The minimum atomic E-state index is -0.340. The van der Waals surface area contributed by atoms with E-state index in [2.05, 4.69) is 26.6 Å². The molecule has 4 heterocycles. The van der Waals surface area contributed by atoms with Crippen LogP contribution in [0.5, 0.6) is 0 Å². The van der Waals surface area contributed by atoms with E-state index in [0.29, 0.717) is 5.56 Å². The second kappa shape index (κ2) is 7.43. The maximum absolute atomic E-state index is 11.9. The molecule has 8 heteroatoms. The second-order valence-electron chi connectivity index (χ2n) is 8.11. The molecule has 5 rings (SSSR count). The summed E-state index contributed by atoms with van der Waals surface area (Å²) < 4.78 is 13.4. The molecule has 2 aliphatic heterocycles. The lowest BCUT2D eigenvalue weighted by atomic mass is 9.84.